The van der Waals surface area contributed by atoms with Crippen molar-refractivity contribution >= 4 is 44.9 Å². The van der Waals surface area contributed by atoms with E-state index in [0.717, 1.165) is 27.9 Å². The second-order valence-electron chi connectivity index (χ2n) is 4.87. The van der Waals surface area contributed by atoms with E-state index in [1.807, 2.05) is 33.7 Å². The number of hydrogen-bond acceptors (Lipinski definition) is 4. The number of fused-ring (bicyclic) bond motifs is 1. The fourth-order valence-electron chi connectivity index (χ4n) is 2.41. The van der Waals surface area contributed by atoms with E-state index < -0.39 is 24.0 Å². The molecule has 0 spiro atoms. The summed E-state index contributed by atoms with van der Waals surface area (Å²) in [4.78, 5) is 16.0. The van der Waals surface area contributed by atoms with Gasteiger partial charge in [0.2, 0.25) is 0 Å². The Hall–Kier alpha value is -1.94. The van der Waals surface area contributed by atoms with Crippen LogP contribution in [-0.2, 0) is 0 Å². The van der Waals surface area contributed by atoms with Gasteiger partial charge in [0.05, 0.1) is 0 Å². The Morgan fingerprint density at radius 3 is 2.86 bits per heavy atom. The van der Waals surface area contributed by atoms with Crippen LogP contribution in [0.1, 0.15) is 16.1 Å². The molecular formula is C15H14N5OTl. The Labute approximate surface area is 139 Å². The number of amides is 1. The molecule has 22 heavy (non-hydrogen) atoms. The molecule has 0 bridgehead atoms. The van der Waals surface area contributed by atoms with Gasteiger partial charge in [0, 0.05) is 0 Å². The fraction of sp³-hybridized carbons (Fsp3) is 0.0667. The van der Waals surface area contributed by atoms with Gasteiger partial charge in [-0.15, -0.1) is 0 Å². The van der Waals surface area contributed by atoms with Gasteiger partial charge < -0.3 is 0 Å². The van der Waals surface area contributed by atoms with Gasteiger partial charge in [-0.3, -0.25) is 0 Å². The molecule has 0 atom stereocenters. The topological polar surface area (TPSA) is 85.8 Å². The van der Waals surface area contributed by atoms with E-state index in [1.165, 1.54) is 0 Å². The number of carbonyl (C=O) groups is 1. The van der Waals surface area contributed by atoms with Crippen molar-refractivity contribution in [3.63, 3.8) is 0 Å². The average molecular weight is 485 g/mol. The van der Waals surface area contributed by atoms with Crippen molar-refractivity contribution < 1.29 is 4.79 Å². The predicted molar refractivity (Wildman–Crippen MR) is 87.6 cm³/mol. The number of rotatable bonds is 3. The number of nitrogens with zero attached hydrogens (tertiary/aromatic N) is 3. The molecule has 2 heterocycles. The summed E-state index contributed by atoms with van der Waals surface area (Å²) in [5.41, 5.74) is 6.46. The Morgan fingerprint density at radius 1 is 1.36 bits per heavy atom. The summed E-state index contributed by atoms with van der Waals surface area (Å²) < 4.78 is 6.12. The zero-order valence-corrected chi connectivity index (χ0v) is 16.6. The van der Waals surface area contributed by atoms with Gasteiger partial charge in [-0.05, 0) is 0 Å². The van der Waals surface area contributed by atoms with E-state index >= 15 is 0 Å². The summed E-state index contributed by atoms with van der Waals surface area (Å²) >= 11 is -1.37. The number of hydrazine groups is 1. The van der Waals surface area contributed by atoms with Crippen LogP contribution in [0.3, 0.4) is 0 Å². The van der Waals surface area contributed by atoms with E-state index in [2.05, 4.69) is 14.5 Å². The van der Waals surface area contributed by atoms with Gasteiger partial charge in [-0.25, -0.2) is 0 Å². The van der Waals surface area contributed by atoms with Gasteiger partial charge in [0.25, 0.3) is 0 Å². The third-order valence-electron chi connectivity index (χ3n) is 3.44. The molecule has 1 amide bonds. The number of benzene rings is 1. The molecule has 0 radical (unpaired) electrons. The van der Waals surface area contributed by atoms with E-state index in [1.54, 1.807) is 12.3 Å². The molecule has 3 rings (SSSR count). The molecule has 3 aromatic rings. The first-order valence-electron chi connectivity index (χ1n) is 6.73. The summed E-state index contributed by atoms with van der Waals surface area (Å²) in [5, 5.41) is 5.64. The number of pyridine rings is 1. The zero-order chi connectivity index (χ0) is 15.7. The molecule has 2 aromatic heterocycles. The van der Waals surface area contributed by atoms with Crippen LogP contribution in [0.5, 0.6) is 0 Å². The van der Waals surface area contributed by atoms with Crippen molar-refractivity contribution in [2.24, 2.45) is 5.84 Å². The molecule has 0 saturated carbocycles. The van der Waals surface area contributed by atoms with Crippen LogP contribution >= 0.6 is 0 Å². The molecule has 1 aromatic carbocycles. The van der Waals surface area contributed by atoms with Crippen LogP contribution in [-0.4, -0.2) is 46.6 Å². The van der Waals surface area contributed by atoms with Crippen LogP contribution in [0.25, 0.3) is 22.2 Å². The molecule has 0 fully saturated rings. The van der Waals surface area contributed by atoms with Crippen molar-refractivity contribution in [2.45, 2.75) is 6.92 Å². The van der Waals surface area contributed by atoms with Crippen molar-refractivity contribution in [1.29, 1.82) is 0 Å². The maximum atomic E-state index is 11.8. The normalized spacial score (nSPS) is 10.5. The number of nitrogen functional groups attached to an aromatic ring is 1. The molecule has 0 aliphatic rings. The van der Waals surface area contributed by atoms with E-state index in [9.17, 15) is 4.79 Å². The Balaban J connectivity index is 2.29. The van der Waals surface area contributed by atoms with Gasteiger partial charge in [0.15, 0.2) is 0 Å². The number of aromatic nitrogens is 3. The number of nitrogens with two attached hydrogens (primary N) is 1. The van der Waals surface area contributed by atoms with Crippen molar-refractivity contribution in [3.8, 4) is 11.3 Å². The van der Waals surface area contributed by atoms with E-state index in [-0.39, 0.29) is 5.91 Å². The Morgan fingerprint density at radius 2 is 2.18 bits per heavy atom. The van der Waals surface area contributed by atoms with Crippen molar-refractivity contribution in [3.05, 3.63) is 47.8 Å². The summed E-state index contributed by atoms with van der Waals surface area (Å²) in [5.74, 6) is 4.90. The second kappa shape index (κ2) is 6.05. The first kappa shape index (κ1) is 15.0. The van der Waals surface area contributed by atoms with Gasteiger partial charge in [-0.2, -0.15) is 0 Å². The third kappa shape index (κ3) is 2.59. The third-order valence-corrected chi connectivity index (χ3v) is 6.32. The van der Waals surface area contributed by atoms with E-state index in [4.69, 9.17) is 10.9 Å². The molecule has 0 saturated heterocycles. The summed E-state index contributed by atoms with van der Waals surface area (Å²) in [6.45, 7) is 1.94. The molecule has 108 valence electrons. The predicted octanol–water partition coefficient (Wildman–Crippen LogP) is 0.910. The summed E-state index contributed by atoms with van der Waals surface area (Å²) in [6, 6.07) is 9.40. The van der Waals surface area contributed by atoms with Crippen LogP contribution in [0.2, 0.25) is 0 Å². The maximum absolute atomic E-state index is 11.8. The Bertz CT molecular complexity index is 887. The molecular weight excluding hydrogens is 471 g/mol. The van der Waals surface area contributed by atoms with Gasteiger partial charge in [0.1, 0.15) is 0 Å². The average Bonchev–Trinajstić information content (AvgIpc) is 2.92. The molecule has 0 unspecified atom stereocenters. The number of carbonyl (C=O) groups excluding carboxylic acids is 1. The summed E-state index contributed by atoms with van der Waals surface area (Å²) in [7, 11) is 0. The second-order valence-corrected chi connectivity index (χ2v) is 8.19. The zero-order valence-electron chi connectivity index (χ0n) is 12.1. The minimum absolute atomic E-state index is 0.315. The first-order valence-corrected chi connectivity index (χ1v) is 11.9. The van der Waals surface area contributed by atoms with Crippen LogP contribution < -0.4 is 11.3 Å². The monoisotopic (exact) mass is 485 g/mol. The van der Waals surface area contributed by atoms with E-state index in [0.29, 0.717) is 5.56 Å². The molecule has 3 N–H and O–H groups in total. The van der Waals surface area contributed by atoms with Crippen molar-refractivity contribution in [1.82, 2.24) is 18.0 Å². The minimum atomic E-state index is -1.37. The number of hydrogen-bond donors (Lipinski definition) is 2. The quantitative estimate of drug-likeness (QED) is 0.250. The first-order chi connectivity index (χ1) is 10.6. The summed E-state index contributed by atoms with van der Waals surface area (Å²) in [6.07, 6.45) is 1.76. The SMILES string of the molecule is [CH2]=[Tl][n]1nc(-c2ccnc(C)c2)c2cc(C(=O)NN)ccc21. The van der Waals surface area contributed by atoms with Crippen LogP contribution in [0, 0.1) is 6.92 Å². The standard InChI is InChI=1S/C14H13N5O.CH2.Tl/c1-8-6-9(4-5-16-8)13-11-7-10(14(20)17-15)2-3-12(11)18-19-13;;/h2-7H,1H3,(H4,15,16,17,18,19,20);1H2;/q;;+1/p-1. The molecule has 0 aliphatic heterocycles. The van der Waals surface area contributed by atoms with Gasteiger partial charge in [-0.1, -0.05) is 0 Å². The molecule has 0 aliphatic carbocycles. The number of aryl methyl sites for hydroxylation is 1. The van der Waals surface area contributed by atoms with Crippen LogP contribution in [0.15, 0.2) is 36.5 Å². The van der Waals surface area contributed by atoms with Crippen molar-refractivity contribution in [2.75, 3.05) is 0 Å². The Kier molecular flexibility index (Phi) is 4.12. The van der Waals surface area contributed by atoms with Crippen LogP contribution in [0.4, 0.5) is 0 Å². The fourth-order valence-corrected chi connectivity index (χ4v) is 4.82. The molecule has 7 heteroatoms. The number of nitrogens with one attached hydrogen (secondary N) is 1. The molecule has 6 nitrogen and oxygen atoms in total. The van der Waals surface area contributed by atoms with Gasteiger partial charge >= 0.3 is 140 Å².